The van der Waals surface area contributed by atoms with Gasteiger partial charge in [-0.1, -0.05) is 18.5 Å². The maximum atomic E-state index is 14.2. The van der Waals surface area contributed by atoms with Crippen molar-refractivity contribution in [3.8, 4) is 0 Å². The Labute approximate surface area is 195 Å². The van der Waals surface area contributed by atoms with Gasteiger partial charge in [-0.3, -0.25) is 4.79 Å². The Morgan fingerprint density at radius 2 is 1.81 bits per heavy atom. The van der Waals surface area contributed by atoms with Gasteiger partial charge in [-0.05, 0) is 79.4 Å². The zero-order chi connectivity index (χ0) is 24.5. The molecule has 1 aliphatic heterocycles. The summed E-state index contributed by atoms with van der Waals surface area (Å²) < 4.78 is 25.5. The van der Waals surface area contributed by atoms with E-state index in [9.17, 15) is 14.0 Å². The van der Waals surface area contributed by atoms with Crippen molar-refractivity contribution in [1.82, 2.24) is 9.88 Å². The molecule has 0 aromatic carbocycles. The molecule has 1 aromatic rings. The van der Waals surface area contributed by atoms with Crippen LogP contribution in [0.4, 0.5) is 9.18 Å². The molecule has 2 atom stereocenters. The highest BCUT2D eigenvalue weighted by Crippen LogP contribution is 2.41. The van der Waals surface area contributed by atoms with Gasteiger partial charge < -0.3 is 14.4 Å². The minimum absolute atomic E-state index is 0.196. The molecule has 0 radical (unpaired) electrons. The lowest BCUT2D eigenvalue weighted by Crippen LogP contribution is -2.54. The van der Waals surface area contributed by atoms with Crippen molar-refractivity contribution in [2.75, 3.05) is 6.54 Å². The summed E-state index contributed by atoms with van der Waals surface area (Å²) in [7, 11) is 0. The van der Waals surface area contributed by atoms with E-state index in [1.54, 1.807) is 11.0 Å². The second-order valence-electron chi connectivity index (χ2n) is 10.7. The van der Waals surface area contributed by atoms with Crippen molar-refractivity contribution in [1.29, 1.82) is 0 Å². The van der Waals surface area contributed by atoms with Gasteiger partial charge in [0.1, 0.15) is 11.2 Å². The first kappa shape index (κ1) is 26.4. The summed E-state index contributed by atoms with van der Waals surface area (Å²) in [4.78, 5) is 31.9. The molecule has 8 heteroatoms. The molecule has 2 rings (SSSR count). The molecule has 1 aromatic heterocycles. The Balaban J connectivity index is 2.37. The van der Waals surface area contributed by atoms with Gasteiger partial charge in [0.25, 0.3) is 0 Å². The summed E-state index contributed by atoms with van der Waals surface area (Å²) in [6, 6.07) is 1.41. The van der Waals surface area contributed by atoms with E-state index in [0.717, 1.165) is 0 Å². The zero-order valence-corrected chi connectivity index (χ0v) is 21.2. The van der Waals surface area contributed by atoms with Crippen LogP contribution in [0.3, 0.4) is 0 Å². The highest BCUT2D eigenvalue weighted by Gasteiger charge is 2.48. The first-order chi connectivity index (χ1) is 14.6. The second-order valence-corrected chi connectivity index (χ2v) is 11.0. The van der Waals surface area contributed by atoms with Gasteiger partial charge in [0.05, 0.1) is 5.41 Å². The maximum absolute atomic E-state index is 14.2. The van der Waals surface area contributed by atoms with E-state index >= 15 is 0 Å². The van der Waals surface area contributed by atoms with Crippen molar-refractivity contribution in [2.45, 2.75) is 98.3 Å². The van der Waals surface area contributed by atoms with Crippen molar-refractivity contribution in [3.05, 3.63) is 28.3 Å². The number of aryl methyl sites for hydroxylation is 1. The summed E-state index contributed by atoms with van der Waals surface area (Å²) in [6.45, 7) is 15.0. The second kappa shape index (κ2) is 9.54. The average Bonchev–Trinajstić information content (AvgIpc) is 2.61. The van der Waals surface area contributed by atoms with Crippen LogP contribution in [0.15, 0.2) is 6.07 Å². The molecule has 0 aliphatic carbocycles. The van der Waals surface area contributed by atoms with E-state index in [1.165, 1.54) is 0 Å². The number of pyridine rings is 1. The summed E-state index contributed by atoms with van der Waals surface area (Å²) in [5.41, 5.74) is -1.19. The highest BCUT2D eigenvalue weighted by atomic mass is 35.5. The lowest BCUT2D eigenvalue weighted by Gasteiger charge is -2.44. The first-order valence-corrected chi connectivity index (χ1v) is 11.5. The molecule has 0 spiro atoms. The third kappa shape index (κ3) is 6.56. The van der Waals surface area contributed by atoms with Gasteiger partial charge in [-0.2, -0.15) is 0 Å². The van der Waals surface area contributed by atoms with Crippen LogP contribution in [0.5, 0.6) is 0 Å². The van der Waals surface area contributed by atoms with Gasteiger partial charge in [0.15, 0.2) is 11.0 Å². The number of carbonyl (C=O) groups excluding carboxylic acids is 2. The number of ether oxygens (including phenoxy) is 2. The summed E-state index contributed by atoms with van der Waals surface area (Å²) >= 11 is 6.03. The highest BCUT2D eigenvalue weighted by molar-refractivity contribution is 6.29. The number of aromatic nitrogens is 1. The molecule has 1 amide bonds. The number of piperidine rings is 1. The van der Waals surface area contributed by atoms with E-state index in [2.05, 4.69) is 4.98 Å². The lowest BCUT2D eigenvalue weighted by atomic mass is 9.72. The SMILES string of the molecule is CCc1cc(C[C@@]2(C(=O)OC(C)(C)C)CCN(C(=O)OC(C)(C)C)[C@H](C)C2)nc(Cl)c1F. The standard InChI is InChI=1S/C24H36ClFN2O4/c1-9-16-12-17(27-19(25)18(16)26)14-24(20(29)31-22(3,4)5)10-11-28(15(2)13-24)21(30)32-23(6,7)8/h12,15H,9-11,13-14H2,1-8H3/t15-,24-/m1/s1. The number of likely N-dealkylation sites (tertiary alicyclic amines) is 1. The number of nitrogens with zero attached hydrogens (tertiary/aromatic N) is 2. The van der Waals surface area contributed by atoms with E-state index in [0.29, 0.717) is 37.1 Å². The number of amides is 1. The Morgan fingerprint density at radius 1 is 1.22 bits per heavy atom. The molecule has 32 heavy (non-hydrogen) atoms. The monoisotopic (exact) mass is 470 g/mol. The summed E-state index contributed by atoms with van der Waals surface area (Å²) in [5.74, 6) is -0.877. The van der Waals surface area contributed by atoms with Crippen molar-refractivity contribution in [2.24, 2.45) is 5.41 Å². The van der Waals surface area contributed by atoms with Crippen LogP contribution in [-0.4, -0.2) is 45.7 Å². The fourth-order valence-electron chi connectivity index (χ4n) is 4.03. The molecular weight excluding hydrogens is 435 g/mol. The molecule has 180 valence electrons. The first-order valence-electron chi connectivity index (χ1n) is 11.1. The molecule has 2 heterocycles. The van der Waals surface area contributed by atoms with E-state index in [-0.39, 0.29) is 23.6 Å². The van der Waals surface area contributed by atoms with E-state index in [1.807, 2.05) is 55.4 Å². The van der Waals surface area contributed by atoms with Gasteiger partial charge in [0.2, 0.25) is 0 Å². The number of esters is 1. The average molecular weight is 471 g/mol. The van der Waals surface area contributed by atoms with Crippen molar-refractivity contribution >= 4 is 23.7 Å². The molecule has 1 aliphatic rings. The normalized spacial score (nSPS) is 21.9. The van der Waals surface area contributed by atoms with Crippen LogP contribution < -0.4 is 0 Å². The minimum Gasteiger partial charge on any atom is -0.460 e. The molecule has 6 nitrogen and oxygen atoms in total. The molecule has 0 unspecified atom stereocenters. The van der Waals surface area contributed by atoms with E-state index in [4.69, 9.17) is 21.1 Å². The number of hydrogen-bond donors (Lipinski definition) is 0. The minimum atomic E-state index is -0.912. The summed E-state index contributed by atoms with van der Waals surface area (Å²) in [5, 5.41) is -0.196. The number of carbonyl (C=O) groups is 2. The number of rotatable bonds is 4. The zero-order valence-electron chi connectivity index (χ0n) is 20.5. The fourth-order valence-corrected chi connectivity index (χ4v) is 4.26. The Hall–Kier alpha value is -1.89. The van der Waals surface area contributed by atoms with Gasteiger partial charge in [0, 0.05) is 24.7 Å². The molecule has 0 saturated carbocycles. The third-order valence-corrected chi connectivity index (χ3v) is 5.71. The van der Waals surface area contributed by atoms with Crippen molar-refractivity contribution < 1.29 is 23.5 Å². The van der Waals surface area contributed by atoms with E-state index < -0.39 is 28.5 Å². The van der Waals surface area contributed by atoms with Crippen molar-refractivity contribution in [3.63, 3.8) is 0 Å². The quantitative estimate of drug-likeness (QED) is 0.415. The Morgan fingerprint density at radius 3 is 2.31 bits per heavy atom. The predicted octanol–water partition coefficient (Wildman–Crippen LogP) is 5.73. The van der Waals surface area contributed by atoms with Crippen LogP contribution >= 0.6 is 11.6 Å². The largest absolute Gasteiger partial charge is 0.460 e. The van der Waals surface area contributed by atoms with Gasteiger partial charge in [-0.15, -0.1) is 0 Å². The molecule has 0 bridgehead atoms. The number of hydrogen-bond acceptors (Lipinski definition) is 5. The van der Waals surface area contributed by atoms with Gasteiger partial charge in [-0.25, -0.2) is 14.2 Å². The molecular formula is C24H36ClFN2O4. The Kier molecular flexibility index (Phi) is 7.86. The van der Waals surface area contributed by atoms with Crippen LogP contribution in [0.1, 0.15) is 79.5 Å². The smallest absolute Gasteiger partial charge is 0.410 e. The lowest BCUT2D eigenvalue weighted by molar-refractivity contribution is -0.172. The summed E-state index contributed by atoms with van der Waals surface area (Å²) in [6.07, 6.45) is 1.06. The predicted molar refractivity (Wildman–Crippen MR) is 122 cm³/mol. The Bertz CT molecular complexity index is 863. The molecule has 1 saturated heterocycles. The van der Waals surface area contributed by atoms with Crippen LogP contribution in [0, 0.1) is 11.2 Å². The molecule has 0 N–H and O–H groups in total. The van der Waals surface area contributed by atoms with Crippen LogP contribution in [-0.2, 0) is 27.1 Å². The van der Waals surface area contributed by atoms with Crippen LogP contribution in [0.2, 0.25) is 5.15 Å². The third-order valence-electron chi connectivity index (χ3n) is 5.46. The fraction of sp³-hybridized carbons (Fsp3) is 0.708. The molecule has 1 fully saturated rings. The van der Waals surface area contributed by atoms with Gasteiger partial charge >= 0.3 is 12.1 Å². The maximum Gasteiger partial charge on any atom is 0.410 e. The number of halogens is 2. The topological polar surface area (TPSA) is 68.7 Å². The van der Waals surface area contributed by atoms with Crippen LogP contribution in [0.25, 0.3) is 0 Å².